The zero-order valence-corrected chi connectivity index (χ0v) is 21.7. The summed E-state index contributed by atoms with van der Waals surface area (Å²) in [7, 11) is 0. The van der Waals surface area contributed by atoms with E-state index in [9.17, 15) is 9.18 Å². The third-order valence-electron chi connectivity index (χ3n) is 7.38. The molecule has 4 rings (SSSR count). The number of ether oxygens (including phenoxy) is 1. The molecular weight excluding hydrogens is 481 g/mol. The third-order valence-corrected chi connectivity index (χ3v) is 7.91. The monoisotopic (exact) mass is 515 g/mol. The molecule has 5 heteroatoms. The standard InChI is InChI=1S/C28H35BrFNO2/c1-27(2,3)33-26(32)31-18-28(4,21-12-16-23(30)17-13-21)24(19-10-14-22(29)15-11-19)25(31)20-8-6-5-7-9-20/h10-17,20,24-25H,5-9,18H2,1-4H3/t24-,25?,28-/m1/s1. The molecule has 1 saturated heterocycles. The Morgan fingerprint density at radius 1 is 1.03 bits per heavy atom. The zero-order chi connectivity index (χ0) is 23.8. The molecule has 0 aromatic heterocycles. The Morgan fingerprint density at radius 2 is 1.64 bits per heavy atom. The van der Waals surface area contributed by atoms with Crippen LogP contribution in [-0.2, 0) is 10.2 Å². The number of benzene rings is 2. The Bertz CT molecular complexity index is 963. The molecule has 33 heavy (non-hydrogen) atoms. The van der Waals surface area contributed by atoms with Gasteiger partial charge in [0, 0.05) is 28.4 Å². The van der Waals surface area contributed by atoms with Crippen LogP contribution >= 0.6 is 15.9 Å². The molecule has 1 heterocycles. The van der Waals surface area contributed by atoms with Crippen molar-refractivity contribution in [3.05, 3.63) is 69.9 Å². The smallest absolute Gasteiger partial charge is 0.410 e. The second-order valence-corrected chi connectivity index (χ2v) is 11.9. The molecule has 1 saturated carbocycles. The van der Waals surface area contributed by atoms with E-state index in [1.54, 1.807) is 0 Å². The van der Waals surface area contributed by atoms with Crippen LogP contribution in [0.3, 0.4) is 0 Å². The third kappa shape index (κ3) is 5.13. The lowest BCUT2D eigenvalue weighted by atomic mass is 9.65. The van der Waals surface area contributed by atoms with E-state index in [0.717, 1.165) is 22.9 Å². The normalized spacial score (nSPS) is 26.4. The Morgan fingerprint density at radius 3 is 2.21 bits per heavy atom. The van der Waals surface area contributed by atoms with E-state index in [2.05, 4.69) is 47.1 Å². The molecule has 1 unspecified atom stereocenters. The summed E-state index contributed by atoms with van der Waals surface area (Å²) in [5.74, 6) is 0.266. The summed E-state index contributed by atoms with van der Waals surface area (Å²) >= 11 is 3.57. The summed E-state index contributed by atoms with van der Waals surface area (Å²) in [6.45, 7) is 8.54. The molecule has 0 bridgehead atoms. The van der Waals surface area contributed by atoms with Gasteiger partial charge in [0.05, 0.1) is 0 Å². The van der Waals surface area contributed by atoms with Crippen LogP contribution in [0, 0.1) is 11.7 Å². The SMILES string of the molecule is CC(C)(C)OC(=O)N1C[C@](C)(c2ccc(F)cc2)[C@H](c2ccc(Br)cc2)C1C1CCCCC1. The van der Waals surface area contributed by atoms with Crippen molar-refractivity contribution in [3.8, 4) is 0 Å². The van der Waals surface area contributed by atoms with Gasteiger partial charge in [0.15, 0.2) is 0 Å². The molecule has 2 fully saturated rings. The van der Waals surface area contributed by atoms with Crippen LogP contribution in [0.15, 0.2) is 53.0 Å². The summed E-state index contributed by atoms with van der Waals surface area (Å²) < 4.78 is 20.8. The van der Waals surface area contributed by atoms with Gasteiger partial charge in [-0.25, -0.2) is 9.18 Å². The number of nitrogens with zero attached hydrogens (tertiary/aromatic N) is 1. The highest BCUT2D eigenvalue weighted by atomic mass is 79.9. The average molecular weight is 516 g/mol. The number of rotatable bonds is 3. The first kappa shape index (κ1) is 24.3. The largest absolute Gasteiger partial charge is 0.444 e. The maximum absolute atomic E-state index is 13.8. The number of likely N-dealkylation sites (tertiary alicyclic amines) is 1. The number of amides is 1. The first-order chi connectivity index (χ1) is 15.6. The number of carbonyl (C=O) groups excluding carboxylic acids is 1. The van der Waals surface area contributed by atoms with Gasteiger partial charge in [0.2, 0.25) is 0 Å². The summed E-state index contributed by atoms with van der Waals surface area (Å²) in [6, 6.07) is 15.4. The van der Waals surface area contributed by atoms with E-state index in [1.807, 2.05) is 37.8 Å². The predicted molar refractivity (Wildman–Crippen MR) is 134 cm³/mol. The highest BCUT2D eigenvalue weighted by Gasteiger charge is 2.55. The molecule has 2 aliphatic rings. The lowest BCUT2D eigenvalue weighted by Gasteiger charge is -2.39. The minimum Gasteiger partial charge on any atom is -0.444 e. The quantitative estimate of drug-likeness (QED) is 0.416. The molecule has 0 spiro atoms. The van der Waals surface area contributed by atoms with Gasteiger partial charge in [-0.3, -0.25) is 0 Å². The van der Waals surface area contributed by atoms with Gasteiger partial charge in [-0.05, 0) is 74.9 Å². The second-order valence-electron chi connectivity index (χ2n) is 11.0. The Balaban J connectivity index is 1.84. The van der Waals surface area contributed by atoms with E-state index >= 15 is 0 Å². The van der Waals surface area contributed by atoms with Gasteiger partial charge in [0.1, 0.15) is 11.4 Å². The van der Waals surface area contributed by atoms with Crippen LogP contribution in [-0.4, -0.2) is 29.2 Å². The Hall–Kier alpha value is -1.88. The highest BCUT2D eigenvalue weighted by Crippen LogP contribution is 2.53. The minimum atomic E-state index is -0.559. The van der Waals surface area contributed by atoms with Crippen molar-refractivity contribution in [2.45, 2.75) is 82.8 Å². The Kier molecular flexibility index (Phi) is 6.91. The summed E-state index contributed by atoms with van der Waals surface area (Å²) in [5, 5.41) is 0. The lowest BCUT2D eigenvalue weighted by Crippen LogP contribution is -2.45. The number of carbonyl (C=O) groups is 1. The molecule has 2 aromatic rings. The van der Waals surface area contributed by atoms with Crippen LogP contribution in [0.5, 0.6) is 0 Å². The number of halogens is 2. The molecule has 2 aromatic carbocycles. The first-order valence-electron chi connectivity index (χ1n) is 12.1. The van der Waals surface area contributed by atoms with Crippen molar-refractivity contribution in [2.75, 3.05) is 6.54 Å². The van der Waals surface area contributed by atoms with Crippen LogP contribution in [0.25, 0.3) is 0 Å². The Labute approximate surface area is 205 Å². The summed E-state index contributed by atoms with van der Waals surface area (Å²) in [5.41, 5.74) is 1.35. The van der Waals surface area contributed by atoms with E-state index in [0.29, 0.717) is 12.5 Å². The molecule has 178 valence electrons. The molecule has 3 nitrogen and oxygen atoms in total. The molecule has 0 radical (unpaired) electrons. The van der Waals surface area contributed by atoms with Crippen molar-refractivity contribution >= 4 is 22.0 Å². The average Bonchev–Trinajstić information content (AvgIpc) is 3.09. The van der Waals surface area contributed by atoms with Gasteiger partial charge in [-0.2, -0.15) is 0 Å². The molecule has 0 N–H and O–H groups in total. The second kappa shape index (κ2) is 9.40. The molecule has 3 atom stereocenters. The predicted octanol–water partition coefficient (Wildman–Crippen LogP) is 7.83. The first-order valence-corrected chi connectivity index (χ1v) is 12.9. The molecule has 1 aliphatic carbocycles. The van der Waals surface area contributed by atoms with Gasteiger partial charge in [-0.15, -0.1) is 0 Å². The van der Waals surface area contributed by atoms with Gasteiger partial charge in [0.25, 0.3) is 0 Å². The van der Waals surface area contributed by atoms with Crippen LogP contribution in [0.2, 0.25) is 0 Å². The van der Waals surface area contributed by atoms with Gasteiger partial charge >= 0.3 is 6.09 Å². The van der Waals surface area contributed by atoms with Gasteiger partial charge < -0.3 is 9.64 Å². The highest BCUT2D eigenvalue weighted by molar-refractivity contribution is 9.10. The van der Waals surface area contributed by atoms with Crippen molar-refractivity contribution in [2.24, 2.45) is 5.92 Å². The zero-order valence-electron chi connectivity index (χ0n) is 20.1. The maximum Gasteiger partial charge on any atom is 0.410 e. The minimum absolute atomic E-state index is 0.0383. The van der Waals surface area contributed by atoms with E-state index in [1.165, 1.54) is 37.0 Å². The summed E-state index contributed by atoms with van der Waals surface area (Å²) in [4.78, 5) is 15.6. The van der Waals surface area contributed by atoms with Crippen LogP contribution in [0.1, 0.15) is 76.8 Å². The fourth-order valence-electron chi connectivity index (χ4n) is 5.96. The van der Waals surface area contributed by atoms with Crippen molar-refractivity contribution in [1.29, 1.82) is 0 Å². The summed E-state index contributed by atoms with van der Waals surface area (Å²) in [6.07, 6.45) is 5.65. The van der Waals surface area contributed by atoms with E-state index < -0.39 is 5.60 Å². The fraction of sp³-hybridized carbons (Fsp3) is 0.536. The number of hydrogen-bond donors (Lipinski definition) is 0. The van der Waals surface area contributed by atoms with Crippen LogP contribution in [0.4, 0.5) is 9.18 Å². The fourth-order valence-corrected chi connectivity index (χ4v) is 6.22. The van der Waals surface area contributed by atoms with Crippen molar-refractivity contribution in [1.82, 2.24) is 4.90 Å². The topological polar surface area (TPSA) is 29.5 Å². The van der Waals surface area contributed by atoms with E-state index in [4.69, 9.17) is 4.74 Å². The van der Waals surface area contributed by atoms with E-state index in [-0.39, 0.29) is 29.3 Å². The molecule has 1 aliphatic heterocycles. The number of hydrogen-bond acceptors (Lipinski definition) is 2. The molecule has 1 amide bonds. The maximum atomic E-state index is 13.8. The lowest BCUT2D eigenvalue weighted by molar-refractivity contribution is 0.0142. The van der Waals surface area contributed by atoms with Crippen molar-refractivity contribution < 1.29 is 13.9 Å². The van der Waals surface area contributed by atoms with Gasteiger partial charge in [-0.1, -0.05) is 66.4 Å². The molecular formula is C28H35BrFNO2. The van der Waals surface area contributed by atoms with Crippen molar-refractivity contribution in [3.63, 3.8) is 0 Å². The van der Waals surface area contributed by atoms with Crippen LogP contribution < -0.4 is 0 Å².